The lowest BCUT2D eigenvalue weighted by Gasteiger charge is -2.16. The topological polar surface area (TPSA) is 18.5 Å². The van der Waals surface area contributed by atoms with E-state index in [9.17, 15) is 0 Å². The molecule has 1 aliphatic rings. The number of rotatable bonds is 14. The molecule has 2 nitrogen and oxygen atoms in total. The maximum Gasteiger partial charge on any atom is 0.163 e. The van der Waals surface area contributed by atoms with E-state index in [1.807, 2.05) is 13.8 Å². The molecule has 0 amide bonds. The Morgan fingerprint density at radius 1 is 0.727 bits per heavy atom. The SMILES string of the molecule is CCCCCCCCCCCCCCC[C@H]1COC(C)(C)O1. The van der Waals surface area contributed by atoms with Gasteiger partial charge in [-0.1, -0.05) is 90.4 Å². The summed E-state index contributed by atoms with van der Waals surface area (Å²) in [4.78, 5) is 0. The Morgan fingerprint density at radius 2 is 1.18 bits per heavy atom. The van der Waals surface area contributed by atoms with Gasteiger partial charge in [0.05, 0.1) is 12.7 Å². The molecule has 0 bridgehead atoms. The van der Waals surface area contributed by atoms with Crippen LogP contribution in [0.5, 0.6) is 0 Å². The van der Waals surface area contributed by atoms with Gasteiger partial charge >= 0.3 is 0 Å². The molecule has 1 rings (SSSR count). The predicted molar refractivity (Wildman–Crippen MR) is 95.2 cm³/mol. The molecule has 0 aromatic heterocycles. The Hall–Kier alpha value is -0.0800. The lowest BCUT2D eigenvalue weighted by atomic mass is 10.0. The zero-order valence-electron chi connectivity index (χ0n) is 15.5. The third-order valence-electron chi connectivity index (χ3n) is 4.70. The van der Waals surface area contributed by atoms with Gasteiger partial charge in [-0.2, -0.15) is 0 Å². The molecule has 0 spiro atoms. The lowest BCUT2D eigenvalue weighted by Crippen LogP contribution is -2.21. The van der Waals surface area contributed by atoms with E-state index < -0.39 is 0 Å². The van der Waals surface area contributed by atoms with Crippen LogP contribution in [0.1, 0.15) is 111 Å². The first kappa shape index (κ1) is 20.0. The van der Waals surface area contributed by atoms with Crippen LogP contribution in [0.2, 0.25) is 0 Å². The molecule has 1 heterocycles. The standard InChI is InChI=1S/C20H40O2/c1-4-5-6-7-8-9-10-11-12-13-14-15-16-17-19-18-21-20(2,3)22-19/h19H,4-18H2,1-3H3/t19-/m0/s1. The molecule has 0 aliphatic carbocycles. The molecule has 1 saturated heterocycles. The highest BCUT2D eigenvalue weighted by atomic mass is 16.7. The first-order valence-electron chi connectivity index (χ1n) is 9.96. The zero-order valence-corrected chi connectivity index (χ0v) is 15.5. The van der Waals surface area contributed by atoms with Gasteiger partial charge in [-0.05, 0) is 20.3 Å². The molecular formula is C20H40O2. The van der Waals surface area contributed by atoms with Crippen LogP contribution in [-0.4, -0.2) is 18.5 Å². The van der Waals surface area contributed by atoms with Gasteiger partial charge in [0, 0.05) is 0 Å². The molecule has 132 valence electrons. The second-order valence-electron chi connectivity index (χ2n) is 7.48. The second-order valence-corrected chi connectivity index (χ2v) is 7.48. The Bertz CT molecular complexity index is 250. The van der Waals surface area contributed by atoms with Gasteiger partial charge in [-0.3, -0.25) is 0 Å². The zero-order chi connectivity index (χ0) is 16.1. The lowest BCUT2D eigenvalue weighted by molar-refractivity contribution is -0.139. The highest BCUT2D eigenvalue weighted by Gasteiger charge is 2.31. The molecule has 1 aliphatic heterocycles. The van der Waals surface area contributed by atoms with Gasteiger partial charge in [0.2, 0.25) is 0 Å². The van der Waals surface area contributed by atoms with Crippen LogP contribution in [0.4, 0.5) is 0 Å². The van der Waals surface area contributed by atoms with E-state index in [0.29, 0.717) is 6.10 Å². The van der Waals surface area contributed by atoms with Crippen molar-refractivity contribution >= 4 is 0 Å². The maximum atomic E-state index is 5.83. The highest BCUT2D eigenvalue weighted by molar-refractivity contribution is 4.70. The first-order valence-corrected chi connectivity index (χ1v) is 9.96. The summed E-state index contributed by atoms with van der Waals surface area (Å²) in [6.07, 6.45) is 19.9. The van der Waals surface area contributed by atoms with Gasteiger partial charge in [0.1, 0.15) is 0 Å². The van der Waals surface area contributed by atoms with E-state index in [2.05, 4.69) is 6.92 Å². The van der Waals surface area contributed by atoms with Crippen LogP contribution >= 0.6 is 0 Å². The molecule has 1 atom stereocenters. The smallest absolute Gasteiger partial charge is 0.163 e. The summed E-state index contributed by atoms with van der Waals surface area (Å²) >= 11 is 0. The summed E-state index contributed by atoms with van der Waals surface area (Å²) in [6.45, 7) is 7.09. The van der Waals surface area contributed by atoms with Crippen LogP contribution in [0, 0.1) is 0 Å². The van der Waals surface area contributed by atoms with Crippen molar-refractivity contribution in [3.8, 4) is 0 Å². The molecule has 0 aromatic rings. The van der Waals surface area contributed by atoms with Crippen LogP contribution < -0.4 is 0 Å². The maximum absolute atomic E-state index is 5.83. The van der Waals surface area contributed by atoms with E-state index >= 15 is 0 Å². The van der Waals surface area contributed by atoms with Gasteiger partial charge in [0.25, 0.3) is 0 Å². The summed E-state index contributed by atoms with van der Waals surface area (Å²) < 4.78 is 11.4. The van der Waals surface area contributed by atoms with Gasteiger partial charge in [0.15, 0.2) is 5.79 Å². The number of unbranched alkanes of at least 4 members (excludes halogenated alkanes) is 12. The number of hydrogen-bond acceptors (Lipinski definition) is 2. The molecule has 22 heavy (non-hydrogen) atoms. The van der Waals surface area contributed by atoms with Crippen LogP contribution in [-0.2, 0) is 9.47 Å². The summed E-state index contributed by atoms with van der Waals surface area (Å²) in [5, 5.41) is 0. The number of ether oxygens (including phenoxy) is 2. The fourth-order valence-corrected chi connectivity index (χ4v) is 3.30. The monoisotopic (exact) mass is 312 g/mol. The normalized spacial score (nSPS) is 20.6. The van der Waals surface area contributed by atoms with E-state index in [1.54, 1.807) is 0 Å². The highest BCUT2D eigenvalue weighted by Crippen LogP contribution is 2.25. The number of hydrogen-bond donors (Lipinski definition) is 0. The minimum Gasteiger partial charge on any atom is -0.348 e. The van der Waals surface area contributed by atoms with E-state index in [1.165, 1.54) is 89.9 Å². The van der Waals surface area contributed by atoms with Gasteiger partial charge in [-0.25, -0.2) is 0 Å². The molecule has 0 unspecified atom stereocenters. The summed E-state index contributed by atoms with van der Waals surface area (Å²) in [5.41, 5.74) is 0. The molecule has 0 N–H and O–H groups in total. The van der Waals surface area contributed by atoms with Crippen molar-refractivity contribution in [1.82, 2.24) is 0 Å². The first-order chi connectivity index (χ1) is 10.6. The van der Waals surface area contributed by atoms with E-state index in [0.717, 1.165) is 6.61 Å². The van der Waals surface area contributed by atoms with E-state index in [4.69, 9.17) is 9.47 Å². The van der Waals surface area contributed by atoms with E-state index in [-0.39, 0.29) is 5.79 Å². The van der Waals surface area contributed by atoms with Crippen molar-refractivity contribution in [3.05, 3.63) is 0 Å². The quantitative estimate of drug-likeness (QED) is 0.336. The third kappa shape index (κ3) is 10.6. The van der Waals surface area contributed by atoms with Crippen LogP contribution in [0.3, 0.4) is 0 Å². The Morgan fingerprint density at radius 3 is 1.59 bits per heavy atom. The van der Waals surface area contributed by atoms with Crippen molar-refractivity contribution in [3.63, 3.8) is 0 Å². The Kier molecular flexibility index (Phi) is 11.2. The fraction of sp³-hybridized carbons (Fsp3) is 1.00. The van der Waals surface area contributed by atoms with Crippen molar-refractivity contribution in [2.24, 2.45) is 0 Å². The van der Waals surface area contributed by atoms with Gasteiger partial charge < -0.3 is 9.47 Å². The van der Waals surface area contributed by atoms with Gasteiger partial charge in [-0.15, -0.1) is 0 Å². The largest absolute Gasteiger partial charge is 0.348 e. The predicted octanol–water partition coefficient (Wildman–Crippen LogP) is 6.62. The average Bonchev–Trinajstić information content (AvgIpc) is 2.83. The Labute approximate surface area is 139 Å². The minimum atomic E-state index is -0.346. The Balaban J connectivity index is 1.73. The minimum absolute atomic E-state index is 0.336. The molecular weight excluding hydrogens is 272 g/mol. The molecule has 1 fully saturated rings. The molecule has 0 radical (unpaired) electrons. The third-order valence-corrected chi connectivity index (χ3v) is 4.70. The van der Waals surface area contributed by atoms with Crippen LogP contribution in [0.15, 0.2) is 0 Å². The molecule has 2 heteroatoms. The van der Waals surface area contributed by atoms with Crippen molar-refractivity contribution in [2.75, 3.05) is 6.61 Å². The van der Waals surface area contributed by atoms with Crippen molar-refractivity contribution < 1.29 is 9.47 Å². The van der Waals surface area contributed by atoms with Crippen molar-refractivity contribution in [1.29, 1.82) is 0 Å². The van der Waals surface area contributed by atoms with Crippen molar-refractivity contribution in [2.45, 2.75) is 123 Å². The van der Waals surface area contributed by atoms with Crippen LogP contribution in [0.25, 0.3) is 0 Å². The fourth-order valence-electron chi connectivity index (χ4n) is 3.30. The second kappa shape index (κ2) is 12.4. The summed E-state index contributed by atoms with van der Waals surface area (Å²) in [7, 11) is 0. The molecule has 0 saturated carbocycles. The summed E-state index contributed by atoms with van der Waals surface area (Å²) in [5.74, 6) is -0.346. The molecule has 0 aromatic carbocycles. The average molecular weight is 313 g/mol. The summed E-state index contributed by atoms with van der Waals surface area (Å²) in [6, 6.07) is 0.